The molecule has 1 saturated heterocycles. The molecule has 2 fully saturated rings. The van der Waals surface area contributed by atoms with E-state index in [-0.39, 0.29) is 0 Å². The van der Waals surface area contributed by atoms with E-state index >= 15 is 0 Å². The summed E-state index contributed by atoms with van der Waals surface area (Å²) in [4.78, 5) is 24.2. The van der Waals surface area contributed by atoms with Crippen molar-refractivity contribution in [3.8, 4) is 23.6 Å². The zero-order valence-electron chi connectivity index (χ0n) is 11.8. The van der Waals surface area contributed by atoms with E-state index in [4.69, 9.17) is 9.47 Å². The zero-order valence-corrected chi connectivity index (χ0v) is 11.8. The summed E-state index contributed by atoms with van der Waals surface area (Å²) >= 11 is 0. The molecule has 7 heteroatoms. The second-order valence-corrected chi connectivity index (χ2v) is 5.16. The molecule has 1 saturated carbocycles. The Balaban J connectivity index is 2.20. The summed E-state index contributed by atoms with van der Waals surface area (Å²) in [7, 11) is 2.92. The normalized spacial score (nSPS) is 31.5. The summed E-state index contributed by atoms with van der Waals surface area (Å²) in [6.07, 6.45) is 0. The van der Waals surface area contributed by atoms with Gasteiger partial charge in [0.05, 0.1) is 26.4 Å². The van der Waals surface area contributed by atoms with Crippen LogP contribution in [0.25, 0.3) is 0 Å². The maximum atomic E-state index is 12.1. The summed E-state index contributed by atoms with van der Waals surface area (Å²) in [5, 5.41) is 21.0. The number of hydrogen-bond acceptors (Lipinski definition) is 6. The Labute approximate surface area is 126 Å². The lowest BCUT2D eigenvalue weighted by atomic mass is 9.98. The number of amides is 2. The molecule has 1 aromatic carbocycles. The molecule has 22 heavy (non-hydrogen) atoms. The topological polar surface area (TPSA) is 112 Å². The fourth-order valence-electron chi connectivity index (χ4n) is 3.33. The van der Waals surface area contributed by atoms with Crippen molar-refractivity contribution in [2.45, 2.75) is 5.92 Å². The number of methoxy groups -OCH3 is 2. The summed E-state index contributed by atoms with van der Waals surface area (Å²) in [6, 6.07) is 8.57. The molecule has 1 heterocycles. The number of imide groups is 1. The highest BCUT2D eigenvalue weighted by Gasteiger charge is 2.91. The van der Waals surface area contributed by atoms with Crippen LogP contribution in [0.15, 0.2) is 18.2 Å². The Morgan fingerprint density at radius 2 is 1.68 bits per heavy atom. The van der Waals surface area contributed by atoms with Gasteiger partial charge >= 0.3 is 0 Å². The molecule has 0 radical (unpaired) electrons. The molecule has 1 aromatic rings. The quantitative estimate of drug-likeness (QED) is 0.812. The largest absolute Gasteiger partial charge is 0.497 e. The van der Waals surface area contributed by atoms with Crippen LogP contribution in [-0.4, -0.2) is 26.0 Å². The van der Waals surface area contributed by atoms with Gasteiger partial charge < -0.3 is 9.47 Å². The molecule has 3 atom stereocenters. The molecule has 1 unspecified atom stereocenters. The van der Waals surface area contributed by atoms with Gasteiger partial charge in [0.25, 0.3) is 0 Å². The van der Waals surface area contributed by atoms with Crippen molar-refractivity contribution < 1.29 is 19.1 Å². The van der Waals surface area contributed by atoms with Gasteiger partial charge in [-0.15, -0.1) is 0 Å². The Bertz CT molecular complexity index is 753. The molecule has 1 aliphatic carbocycles. The Hall–Kier alpha value is -3.06. The van der Waals surface area contributed by atoms with Crippen molar-refractivity contribution >= 4 is 11.8 Å². The van der Waals surface area contributed by atoms with Gasteiger partial charge in [0, 0.05) is 17.5 Å². The Morgan fingerprint density at radius 3 is 2.14 bits per heavy atom. The highest BCUT2D eigenvalue weighted by molar-refractivity contribution is 6.19. The van der Waals surface area contributed by atoms with Gasteiger partial charge in [0.2, 0.25) is 11.8 Å². The lowest BCUT2D eigenvalue weighted by Gasteiger charge is -2.13. The van der Waals surface area contributed by atoms with Crippen molar-refractivity contribution in [1.82, 2.24) is 5.32 Å². The molecule has 2 aliphatic rings. The molecule has 7 nitrogen and oxygen atoms in total. The minimum absolute atomic E-state index is 0.364. The van der Waals surface area contributed by atoms with Crippen LogP contribution in [0.3, 0.4) is 0 Å². The SMILES string of the molecule is COc1ccc(C2[C@]3(C#N)C(=O)NC(=O)[C@]23C#N)c(OC)c1. The van der Waals surface area contributed by atoms with E-state index < -0.39 is 28.6 Å². The fourth-order valence-corrected chi connectivity index (χ4v) is 3.33. The van der Waals surface area contributed by atoms with Crippen LogP contribution >= 0.6 is 0 Å². The average Bonchev–Trinajstić information content (AvgIpc) is 3.11. The van der Waals surface area contributed by atoms with Gasteiger partial charge in [-0.2, -0.15) is 10.5 Å². The monoisotopic (exact) mass is 297 g/mol. The molecule has 1 aliphatic heterocycles. The van der Waals surface area contributed by atoms with Crippen molar-refractivity contribution in [3.05, 3.63) is 23.8 Å². The van der Waals surface area contributed by atoms with Crippen LogP contribution in [0.2, 0.25) is 0 Å². The van der Waals surface area contributed by atoms with Gasteiger partial charge in [0.1, 0.15) is 11.5 Å². The van der Waals surface area contributed by atoms with Gasteiger partial charge in [0.15, 0.2) is 10.8 Å². The number of carbonyl (C=O) groups excluding carboxylic acids is 2. The van der Waals surface area contributed by atoms with Crippen molar-refractivity contribution in [1.29, 1.82) is 10.5 Å². The van der Waals surface area contributed by atoms with Crippen molar-refractivity contribution in [3.63, 3.8) is 0 Å². The first-order valence-electron chi connectivity index (χ1n) is 6.43. The average molecular weight is 297 g/mol. The lowest BCUT2D eigenvalue weighted by molar-refractivity contribution is -0.128. The number of hydrogen-bond donors (Lipinski definition) is 1. The second kappa shape index (κ2) is 4.22. The van der Waals surface area contributed by atoms with E-state index in [0.29, 0.717) is 17.1 Å². The molecule has 0 bridgehead atoms. The van der Waals surface area contributed by atoms with Crippen LogP contribution in [0, 0.1) is 33.5 Å². The van der Waals surface area contributed by atoms with Crippen molar-refractivity contribution in [2.75, 3.05) is 14.2 Å². The second-order valence-electron chi connectivity index (χ2n) is 5.16. The third kappa shape index (κ3) is 1.24. The molecule has 2 amide bonds. The molecule has 0 spiro atoms. The van der Waals surface area contributed by atoms with E-state index in [1.54, 1.807) is 18.2 Å². The highest BCUT2D eigenvalue weighted by Crippen LogP contribution is 2.77. The number of nitriles is 2. The minimum atomic E-state index is -1.69. The predicted octanol–water partition coefficient (Wildman–Crippen LogP) is 0.477. The van der Waals surface area contributed by atoms with Gasteiger partial charge in [-0.05, 0) is 6.07 Å². The third-order valence-corrected chi connectivity index (χ3v) is 4.45. The standard InChI is InChI=1S/C15H11N3O4/c1-21-8-3-4-9(10(5-8)22-2)11-14(6-16)12(19)18-13(20)15(11,14)7-17/h3-5,11H,1-2H3,(H,18,19,20)/t11?,14-,15+. The van der Waals surface area contributed by atoms with Crippen LogP contribution in [0.4, 0.5) is 0 Å². The summed E-state index contributed by atoms with van der Waals surface area (Å²) in [5.41, 5.74) is -2.92. The van der Waals surface area contributed by atoms with E-state index in [0.717, 1.165) is 0 Å². The van der Waals surface area contributed by atoms with E-state index in [1.807, 2.05) is 12.1 Å². The highest BCUT2D eigenvalue weighted by atomic mass is 16.5. The number of ether oxygens (including phenoxy) is 2. The van der Waals surface area contributed by atoms with Gasteiger partial charge in [-0.3, -0.25) is 14.9 Å². The predicted molar refractivity (Wildman–Crippen MR) is 71.5 cm³/mol. The lowest BCUT2D eigenvalue weighted by Crippen LogP contribution is -2.31. The number of nitrogens with zero attached hydrogens (tertiary/aromatic N) is 2. The molecule has 1 N–H and O–H groups in total. The van der Waals surface area contributed by atoms with E-state index in [1.165, 1.54) is 14.2 Å². The molecular weight excluding hydrogens is 286 g/mol. The number of rotatable bonds is 3. The van der Waals surface area contributed by atoms with Gasteiger partial charge in [-0.25, -0.2) is 0 Å². The molecule has 3 rings (SSSR count). The van der Waals surface area contributed by atoms with Crippen LogP contribution < -0.4 is 14.8 Å². The van der Waals surface area contributed by atoms with E-state index in [9.17, 15) is 20.1 Å². The first-order valence-corrected chi connectivity index (χ1v) is 6.43. The number of benzene rings is 1. The minimum Gasteiger partial charge on any atom is -0.497 e. The Kier molecular flexibility index (Phi) is 2.66. The third-order valence-electron chi connectivity index (χ3n) is 4.45. The summed E-state index contributed by atoms with van der Waals surface area (Å²) in [6.45, 7) is 0. The molecule has 110 valence electrons. The molecule has 0 aromatic heterocycles. The van der Waals surface area contributed by atoms with Gasteiger partial charge in [-0.1, -0.05) is 6.07 Å². The first-order chi connectivity index (χ1) is 10.5. The van der Waals surface area contributed by atoms with Crippen molar-refractivity contribution in [2.24, 2.45) is 10.8 Å². The zero-order chi connectivity index (χ0) is 16.1. The summed E-state index contributed by atoms with van der Waals surface area (Å²) < 4.78 is 10.4. The summed E-state index contributed by atoms with van der Waals surface area (Å²) in [5.74, 6) is -1.42. The Morgan fingerprint density at radius 1 is 1.09 bits per heavy atom. The fraction of sp³-hybridized carbons (Fsp3) is 0.333. The maximum Gasteiger partial charge on any atom is 0.250 e. The molecular formula is C15H11N3O4. The van der Waals surface area contributed by atoms with Crippen LogP contribution in [0.5, 0.6) is 11.5 Å². The number of nitrogens with one attached hydrogen (secondary N) is 1. The van der Waals surface area contributed by atoms with Crippen LogP contribution in [-0.2, 0) is 9.59 Å². The first kappa shape index (κ1) is 13.9. The van der Waals surface area contributed by atoms with E-state index in [2.05, 4.69) is 5.32 Å². The number of piperidine rings is 1. The number of fused-ring (bicyclic) bond motifs is 1. The maximum absolute atomic E-state index is 12.1. The van der Waals surface area contributed by atoms with Crippen LogP contribution in [0.1, 0.15) is 11.5 Å². The number of carbonyl (C=O) groups is 2. The smallest absolute Gasteiger partial charge is 0.250 e.